The van der Waals surface area contributed by atoms with Crippen LogP contribution in [-0.2, 0) is 12.8 Å². The second-order valence-corrected chi connectivity index (χ2v) is 4.33. The maximum Gasteiger partial charge on any atom is 0.453 e. The monoisotopic (exact) mass is 250 g/mol. The quantitative estimate of drug-likeness (QED) is 0.661. The van der Waals surface area contributed by atoms with Crippen molar-refractivity contribution in [3.63, 3.8) is 0 Å². The van der Waals surface area contributed by atoms with E-state index in [1.54, 1.807) is 24.3 Å². The first-order valence-corrected chi connectivity index (χ1v) is 5.33. The number of halogens is 5. The van der Waals surface area contributed by atoms with E-state index in [1.165, 1.54) is 0 Å². The average Bonchev–Trinajstić information content (AvgIpc) is 2.27. The summed E-state index contributed by atoms with van der Waals surface area (Å²) < 4.78 is 63.1. The molecule has 0 bridgehead atoms. The fraction of sp³-hybridized carbons (Fsp3) is 0.500. The lowest BCUT2D eigenvalue weighted by Gasteiger charge is -2.32. The van der Waals surface area contributed by atoms with Crippen LogP contribution in [0.4, 0.5) is 22.0 Å². The van der Waals surface area contributed by atoms with Gasteiger partial charge in [-0.3, -0.25) is 0 Å². The Hall–Kier alpha value is -1.13. The highest BCUT2D eigenvalue weighted by atomic mass is 19.4. The SMILES string of the molecule is FC(F)(F)C(F)(F)C1CCc2ccccc2C1. The number of hydrogen-bond acceptors (Lipinski definition) is 0. The smallest absolute Gasteiger partial charge is 0.196 e. The fourth-order valence-electron chi connectivity index (χ4n) is 2.24. The minimum Gasteiger partial charge on any atom is -0.196 e. The zero-order chi connectivity index (χ0) is 12.7. The summed E-state index contributed by atoms with van der Waals surface area (Å²) in [6, 6.07) is 6.82. The van der Waals surface area contributed by atoms with Crippen molar-refractivity contribution in [3.8, 4) is 0 Å². The number of aryl methyl sites for hydroxylation is 1. The van der Waals surface area contributed by atoms with E-state index in [4.69, 9.17) is 0 Å². The Morgan fingerprint density at radius 1 is 0.941 bits per heavy atom. The largest absolute Gasteiger partial charge is 0.453 e. The third-order valence-corrected chi connectivity index (χ3v) is 3.24. The molecule has 0 nitrogen and oxygen atoms in total. The van der Waals surface area contributed by atoms with E-state index in [-0.39, 0.29) is 19.3 Å². The van der Waals surface area contributed by atoms with Crippen molar-refractivity contribution < 1.29 is 22.0 Å². The van der Waals surface area contributed by atoms with E-state index < -0.39 is 18.0 Å². The fourth-order valence-corrected chi connectivity index (χ4v) is 2.24. The molecular formula is C12H11F5. The molecule has 1 aliphatic carbocycles. The van der Waals surface area contributed by atoms with Crippen LogP contribution in [0.25, 0.3) is 0 Å². The van der Waals surface area contributed by atoms with Gasteiger partial charge in [-0.1, -0.05) is 24.3 Å². The zero-order valence-electron chi connectivity index (χ0n) is 8.90. The Bertz CT molecular complexity index is 408. The van der Waals surface area contributed by atoms with Gasteiger partial charge in [-0.15, -0.1) is 0 Å². The van der Waals surface area contributed by atoms with Gasteiger partial charge in [0.05, 0.1) is 0 Å². The molecule has 0 aliphatic heterocycles. The highest BCUT2D eigenvalue weighted by Gasteiger charge is 2.62. The molecule has 0 saturated carbocycles. The maximum absolute atomic E-state index is 13.2. The van der Waals surface area contributed by atoms with E-state index >= 15 is 0 Å². The summed E-state index contributed by atoms with van der Waals surface area (Å²) in [4.78, 5) is 0. The number of fused-ring (bicyclic) bond motifs is 1. The topological polar surface area (TPSA) is 0 Å². The van der Waals surface area contributed by atoms with Crippen molar-refractivity contribution in [3.05, 3.63) is 35.4 Å². The Morgan fingerprint density at radius 3 is 2.12 bits per heavy atom. The summed E-state index contributed by atoms with van der Waals surface area (Å²) in [6.07, 6.45) is -5.50. The van der Waals surface area contributed by atoms with E-state index in [9.17, 15) is 22.0 Å². The van der Waals surface area contributed by atoms with Gasteiger partial charge in [-0.05, 0) is 30.4 Å². The normalized spacial score (nSPS) is 21.1. The number of rotatable bonds is 1. The van der Waals surface area contributed by atoms with E-state index in [0.717, 1.165) is 5.56 Å². The number of benzene rings is 1. The third kappa shape index (κ3) is 2.15. The first kappa shape index (κ1) is 12.3. The molecule has 0 spiro atoms. The molecule has 2 rings (SSSR count). The molecule has 0 saturated heterocycles. The van der Waals surface area contributed by atoms with E-state index in [1.807, 2.05) is 0 Å². The minimum atomic E-state index is -5.45. The molecule has 17 heavy (non-hydrogen) atoms. The molecule has 0 radical (unpaired) electrons. The standard InChI is InChI=1S/C12H11F5/c13-11(14,12(15,16)17)10-6-5-8-3-1-2-4-9(8)7-10/h1-4,10H,5-7H2. The Kier molecular flexibility index (Phi) is 2.87. The van der Waals surface area contributed by atoms with Crippen molar-refractivity contribution in [2.75, 3.05) is 0 Å². The van der Waals surface area contributed by atoms with Crippen LogP contribution < -0.4 is 0 Å². The van der Waals surface area contributed by atoms with Crippen LogP contribution in [0.1, 0.15) is 17.5 Å². The summed E-state index contributed by atoms with van der Waals surface area (Å²) >= 11 is 0. The summed E-state index contributed by atoms with van der Waals surface area (Å²) in [5.41, 5.74) is 1.48. The Labute approximate surface area is 95.4 Å². The van der Waals surface area contributed by atoms with Crippen LogP contribution >= 0.6 is 0 Å². The highest BCUT2D eigenvalue weighted by Crippen LogP contribution is 2.45. The molecule has 1 atom stereocenters. The molecule has 0 aromatic heterocycles. The Morgan fingerprint density at radius 2 is 1.53 bits per heavy atom. The molecule has 0 fully saturated rings. The molecule has 5 heteroatoms. The van der Waals surface area contributed by atoms with Gasteiger partial charge >= 0.3 is 12.1 Å². The van der Waals surface area contributed by atoms with Crippen LogP contribution in [-0.4, -0.2) is 12.1 Å². The molecule has 1 aliphatic rings. The van der Waals surface area contributed by atoms with Crippen LogP contribution in [0.2, 0.25) is 0 Å². The third-order valence-electron chi connectivity index (χ3n) is 3.24. The van der Waals surface area contributed by atoms with Gasteiger partial charge in [0.15, 0.2) is 0 Å². The van der Waals surface area contributed by atoms with Crippen molar-refractivity contribution in [1.82, 2.24) is 0 Å². The lowest BCUT2D eigenvalue weighted by molar-refractivity contribution is -0.303. The number of alkyl halides is 5. The molecule has 94 valence electrons. The van der Waals surface area contributed by atoms with Crippen LogP contribution in [0.5, 0.6) is 0 Å². The molecule has 1 aromatic rings. The van der Waals surface area contributed by atoms with Gasteiger partial charge in [0, 0.05) is 5.92 Å². The van der Waals surface area contributed by atoms with Crippen LogP contribution in [0, 0.1) is 5.92 Å². The number of hydrogen-bond donors (Lipinski definition) is 0. The second kappa shape index (κ2) is 3.96. The summed E-state index contributed by atoms with van der Waals surface area (Å²) in [6.45, 7) is 0. The molecule has 1 aromatic carbocycles. The molecular weight excluding hydrogens is 239 g/mol. The minimum absolute atomic E-state index is 0.122. The zero-order valence-corrected chi connectivity index (χ0v) is 8.90. The molecule has 0 N–H and O–H groups in total. The van der Waals surface area contributed by atoms with E-state index in [0.29, 0.717) is 5.56 Å². The predicted octanol–water partition coefficient (Wildman–Crippen LogP) is 3.99. The van der Waals surface area contributed by atoms with Crippen LogP contribution in [0.15, 0.2) is 24.3 Å². The highest BCUT2D eigenvalue weighted by molar-refractivity contribution is 5.30. The van der Waals surface area contributed by atoms with Gasteiger partial charge < -0.3 is 0 Å². The van der Waals surface area contributed by atoms with Gasteiger partial charge in [0.1, 0.15) is 0 Å². The molecule has 0 heterocycles. The van der Waals surface area contributed by atoms with Crippen LogP contribution in [0.3, 0.4) is 0 Å². The van der Waals surface area contributed by atoms with E-state index in [2.05, 4.69) is 0 Å². The van der Waals surface area contributed by atoms with Crippen molar-refractivity contribution in [2.24, 2.45) is 5.92 Å². The predicted molar refractivity (Wildman–Crippen MR) is 53.0 cm³/mol. The first-order valence-electron chi connectivity index (χ1n) is 5.33. The Balaban J connectivity index is 2.23. The molecule has 1 unspecified atom stereocenters. The van der Waals surface area contributed by atoms with Gasteiger partial charge in [0.25, 0.3) is 0 Å². The van der Waals surface area contributed by atoms with Gasteiger partial charge in [0.2, 0.25) is 0 Å². The van der Waals surface area contributed by atoms with Gasteiger partial charge in [-0.2, -0.15) is 22.0 Å². The molecule has 0 amide bonds. The maximum atomic E-state index is 13.2. The summed E-state index contributed by atoms with van der Waals surface area (Å²) in [7, 11) is 0. The van der Waals surface area contributed by atoms with Gasteiger partial charge in [-0.25, -0.2) is 0 Å². The first-order chi connectivity index (χ1) is 7.82. The second-order valence-electron chi connectivity index (χ2n) is 4.33. The van der Waals surface area contributed by atoms with Crippen molar-refractivity contribution >= 4 is 0 Å². The lowest BCUT2D eigenvalue weighted by atomic mass is 9.80. The summed E-state index contributed by atoms with van der Waals surface area (Å²) in [5.74, 6) is -6.24. The van der Waals surface area contributed by atoms with Crippen molar-refractivity contribution in [2.45, 2.75) is 31.4 Å². The van der Waals surface area contributed by atoms with Crippen molar-refractivity contribution in [1.29, 1.82) is 0 Å². The average molecular weight is 250 g/mol. The summed E-state index contributed by atoms with van der Waals surface area (Å²) in [5, 5.41) is 0. The lowest BCUT2D eigenvalue weighted by Crippen LogP contribution is -2.45.